The Kier molecular flexibility index (Phi) is 5.47. The predicted molar refractivity (Wildman–Crippen MR) is 74.7 cm³/mol. The fourth-order valence-electron chi connectivity index (χ4n) is 1.54. The maximum absolute atomic E-state index is 11.6. The van der Waals surface area contributed by atoms with E-state index in [-0.39, 0.29) is 24.0 Å². The summed E-state index contributed by atoms with van der Waals surface area (Å²) in [6.45, 7) is 2.82. The molecule has 0 bridgehead atoms. The van der Waals surface area contributed by atoms with Gasteiger partial charge in [-0.3, -0.25) is 4.79 Å². The van der Waals surface area contributed by atoms with Crippen LogP contribution in [-0.2, 0) is 0 Å². The molecule has 0 fully saturated rings. The van der Waals surface area contributed by atoms with Gasteiger partial charge in [0.05, 0.1) is 11.9 Å². The Balaban J connectivity index is 0.00000180. The predicted octanol–water partition coefficient (Wildman–Crippen LogP) is 0.686. The van der Waals surface area contributed by atoms with Gasteiger partial charge < -0.3 is 11.1 Å². The zero-order valence-corrected chi connectivity index (χ0v) is 11.4. The van der Waals surface area contributed by atoms with Crippen molar-refractivity contribution >= 4 is 18.3 Å². The van der Waals surface area contributed by atoms with Gasteiger partial charge in [0, 0.05) is 13.1 Å². The number of aromatic nitrogens is 3. The van der Waals surface area contributed by atoms with E-state index in [0.717, 1.165) is 11.3 Å². The highest BCUT2D eigenvalue weighted by Crippen LogP contribution is 2.08. The van der Waals surface area contributed by atoms with Crippen LogP contribution in [0.3, 0.4) is 0 Å². The molecule has 3 N–H and O–H groups in total. The minimum atomic E-state index is -0.264. The summed E-state index contributed by atoms with van der Waals surface area (Å²) in [4.78, 5) is 11.6. The molecule has 1 amide bonds. The first-order valence-electron chi connectivity index (χ1n) is 5.68. The molecule has 2 aromatic rings. The van der Waals surface area contributed by atoms with E-state index in [2.05, 4.69) is 15.6 Å². The number of nitrogens with one attached hydrogen (secondary N) is 1. The average molecular weight is 282 g/mol. The number of hydrogen-bond donors (Lipinski definition) is 2. The number of amides is 1. The summed E-state index contributed by atoms with van der Waals surface area (Å²) in [5, 5.41) is 10.4. The Morgan fingerprint density at radius 2 is 2.26 bits per heavy atom. The summed E-state index contributed by atoms with van der Waals surface area (Å²) < 4.78 is 1.57. The number of nitrogens with two attached hydrogens (primary N) is 1. The highest BCUT2D eigenvalue weighted by Gasteiger charge is 2.10. The molecule has 0 atom stereocenters. The van der Waals surface area contributed by atoms with Crippen LogP contribution in [0.15, 0.2) is 30.5 Å². The third kappa shape index (κ3) is 3.77. The second-order valence-corrected chi connectivity index (χ2v) is 3.93. The van der Waals surface area contributed by atoms with E-state index in [1.54, 1.807) is 10.9 Å². The van der Waals surface area contributed by atoms with Crippen LogP contribution in [0, 0.1) is 6.92 Å². The Morgan fingerprint density at radius 3 is 2.95 bits per heavy atom. The Labute approximate surface area is 117 Å². The van der Waals surface area contributed by atoms with Crippen LogP contribution in [0.25, 0.3) is 5.69 Å². The van der Waals surface area contributed by atoms with E-state index < -0.39 is 0 Å². The molecule has 0 saturated carbocycles. The van der Waals surface area contributed by atoms with Crippen molar-refractivity contribution in [2.24, 2.45) is 5.73 Å². The van der Waals surface area contributed by atoms with Gasteiger partial charge >= 0.3 is 0 Å². The number of hydrogen-bond acceptors (Lipinski definition) is 4. The summed E-state index contributed by atoms with van der Waals surface area (Å²) in [7, 11) is 0. The molecule has 0 spiro atoms. The van der Waals surface area contributed by atoms with Crippen molar-refractivity contribution in [1.82, 2.24) is 20.3 Å². The number of benzene rings is 1. The molecule has 102 valence electrons. The molecule has 1 heterocycles. The molecule has 0 radical (unpaired) electrons. The first-order valence-corrected chi connectivity index (χ1v) is 5.68. The molecule has 0 aliphatic rings. The fourth-order valence-corrected chi connectivity index (χ4v) is 1.54. The normalized spacial score (nSPS) is 9.79. The van der Waals surface area contributed by atoms with Crippen LogP contribution in [0.5, 0.6) is 0 Å². The van der Waals surface area contributed by atoms with Gasteiger partial charge in [-0.05, 0) is 24.6 Å². The van der Waals surface area contributed by atoms with Crippen LogP contribution in [-0.4, -0.2) is 34.0 Å². The number of carbonyl (C=O) groups is 1. The van der Waals surface area contributed by atoms with Crippen LogP contribution in [0.4, 0.5) is 0 Å². The lowest BCUT2D eigenvalue weighted by molar-refractivity contribution is 0.0949. The smallest absolute Gasteiger partial charge is 0.273 e. The van der Waals surface area contributed by atoms with Gasteiger partial charge in [-0.1, -0.05) is 17.3 Å². The average Bonchev–Trinajstić information content (AvgIpc) is 2.85. The zero-order chi connectivity index (χ0) is 13.0. The second kappa shape index (κ2) is 6.86. The second-order valence-electron chi connectivity index (χ2n) is 3.93. The van der Waals surface area contributed by atoms with E-state index in [1.807, 2.05) is 31.2 Å². The van der Waals surface area contributed by atoms with Gasteiger partial charge in [0.1, 0.15) is 0 Å². The quantitative estimate of drug-likeness (QED) is 0.863. The SMILES string of the molecule is Cc1cccc(-n2cc(C(=O)NCCN)nn2)c1.Cl. The molecular weight excluding hydrogens is 266 g/mol. The van der Waals surface area contributed by atoms with E-state index in [0.29, 0.717) is 13.1 Å². The van der Waals surface area contributed by atoms with Crippen LogP contribution < -0.4 is 11.1 Å². The van der Waals surface area contributed by atoms with Crippen molar-refractivity contribution in [3.8, 4) is 5.69 Å². The lowest BCUT2D eigenvalue weighted by Crippen LogP contribution is -2.29. The molecule has 0 saturated heterocycles. The minimum Gasteiger partial charge on any atom is -0.349 e. The fraction of sp³-hybridized carbons (Fsp3) is 0.250. The first kappa shape index (κ1) is 15.1. The standard InChI is InChI=1S/C12H15N5O.ClH/c1-9-3-2-4-10(7-9)17-8-11(15-16-17)12(18)14-6-5-13;/h2-4,7-8H,5-6,13H2,1H3,(H,14,18);1H. The topological polar surface area (TPSA) is 85.8 Å². The summed E-state index contributed by atoms with van der Waals surface area (Å²) in [6, 6.07) is 7.80. The van der Waals surface area contributed by atoms with Crippen molar-refractivity contribution in [2.45, 2.75) is 6.92 Å². The Morgan fingerprint density at radius 1 is 1.47 bits per heavy atom. The van der Waals surface area contributed by atoms with Crippen LogP contribution in [0.2, 0.25) is 0 Å². The lowest BCUT2D eigenvalue weighted by atomic mass is 10.2. The molecular formula is C12H16ClN5O. The maximum Gasteiger partial charge on any atom is 0.273 e. The molecule has 2 rings (SSSR count). The monoisotopic (exact) mass is 281 g/mol. The van der Waals surface area contributed by atoms with Crippen molar-refractivity contribution < 1.29 is 4.79 Å². The highest BCUT2D eigenvalue weighted by atomic mass is 35.5. The molecule has 19 heavy (non-hydrogen) atoms. The molecule has 0 aliphatic carbocycles. The summed E-state index contributed by atoms with van der Waals surface area (Å²) in [6.07, 6.45) is 1.60. The molecule has 7 heteroatoms. The van der Waals surface area contributed by atoms with Crippen molar-refractivity contribution in [3.63, 3.8) is 0 Å². The van der Waals surface area contributed by atoms with E-state index in [9.17, 15) is 4.79 Å². The van der Waals surface area contributed by atoms with Crippen LogP contribution >= 0.6 is 12.4 Å². The van der Waals surface area contributed by atoms with E-state index in [4.69, 9.17) is 5.73 Å². The van der Waals surface area contributed by atoms with Gasteiger partial charge in [-0.2, -0.15) is 0 Å². The van der Waals surface area contributed by atoms with Crippen LogP contribution in [0.1, 0.15) is 16.1 Å². The Hall–Kier alpha value is -1.92. The molecule has 6 nitrogen and oxygen atoms in total. The van der Waals surface area contributed by atoms with E-state index >= 15 is 0 Å². The van der Waals surface area contributed by atoms with Gasteiger partial charge in [0.2, 0.25) is 0 Å². The minimum absolute atomic E-state index is 0. The highest BCUT2D eigenvalue weighted by molar-refractivity contribution is 5.91. The van der Waals surface area contributed by atoms with Crippen molar-refractivity contribution in [2.75, 3.05) is 13.1 Å². The Bertz CT molecular complexity index is 555. The van der Waals surface area contributed by atoms with Gasteiger partial charge in [0.25, 0.3) is 5.91 Å². The third-order valence-corrected chi connectivity index (χ3v) is 2.42. The van der Waals surface area contributed by atoms with E-state index in [1.165, 1.54) is 0 Å². The summed E-state index contributed by atoms with van der Waals surface area (Å²) >= 11 is 0. The number of rotatable bonds is 4. The van der Waals surface area contributed by atoms with Crippen molar-refractivity contribution in [1.29, 1.82) is 0 Å². The first-order chi connectivity index (χ1) is 8.70. The van der Waals surface area contributed by atoms with Gasteiger partial charge in [0.15, 0.2) is 5.69 Å². The number of nitrogens with zero attached hydrogens (tertiary/aromatic N) is 3. The largest absolute Gasteiger partial charge is 0.349 e. The summed E-state index contributed by atoms with van der Waals surface area (Å²) in [5.41, 5.74) is 7.59. The van der Waals surface area contributed by atoms with Crippen molar-refractivity contribution in [3.05, 3.63) is 41.7 Å². The summed E-state index contributed by atoms with van der Waals surface area (Å²) in [5.74, 6) is -0.264. The molecule has 0 aliphatic heterocycles. The maximum atomic E-state index is 11.6. The third-order valence-electron chi connectivity index (χ3n) is 2.42. The molecule has 0 unspecified atom stereocenters. The zero-order valence-electron chi connectivity index (χ0n) is 10.5. The molecule has 1 aromatic heterocycles. The number of carbonyl (C=O) groups excluding carboxylic acids is 1. The number of aryl methyl sites for hydroxylation is 1. The molecule has 1 aromatic carbocycles. The number of halogens is 1. The van der Waals surface area contributed by atoms with Gasteiger partial charge in [-0.15, -0.1) is 17.5 Å². The van der Waals surface area contributed by atoms with Gasteiger partial charge in [-0.25, -0.2) is 4.68 Å². The lowest BCUT2D eigenvalue weighted by Gasteiger charge is -2.00.